The normalized spacial score (nSPS) is 21.8. The fourth-order valence-corrected chi connectivity index (χ4v) is 7.97. The lowest BCUT2D eigenvalue weighted by molar-refractivity contribution is -0.142. The van der Waals surface area contributed by atoms with E-state index in [-0.39, 0.29) is 31.7 Å². The molecule has 5 atom stereocenters. The van der Waals surface area contributed by atoms with Crippen molar-refractivity contribution in [3.8, 4) is 17.6 Å². The Bertz CT molecular complexity index is 1400. The van der Waals surface area contributed by atoms with Crippen LogP contribution in [0.5, 0.6) is 11.5 Å². The summed E-state index contributed by atoms with van der Waals surface area (Å²) < 4.78 is 39.3. The van der Waals surface area contributed by atoms with Crippen LogP contribution in [0.3, 0.4) is 0 Å². The quantitative estimate of drug-likeness (QED) is 0.0725. The van der Waals surface area contributed by atoms with E-state index in [1.165, 1.54) is 0 Å². The Balaban J connectivity index is 1.75. The Hall–Kier alpha value is -3.00. The fourth-order valence-electron chi connectivity index (χ4n) is 6.22. The van der Waals surface area contributed by atoms with Gasteiger partial charge in [-0.1, -0.05) is 61.5 Å². The molecule has 1 heterocycles. The number of benzene rings is 3. The number of aliphatic hydroxyl groups excluding tert-OH is 1. The Morgan fingerprint density at radius 3 is 1.90 bits per heavy atom. The summed E-state index contributed by atoms with van der Waals surface area (Å²) in [4.78, 5) is 0. The minimum atomic E-state index is -1.68. The lowest BCUT2D eigenvalue weighted by Crippen LogP contribution is -2.49. The van der Waals surface area contributed by atoms with E-state index in [4.69, 9.17) is 41.1 Å². The molecular weight excluding hydrogens is 626 g/mol. The molecule has 1 N–H and O–H groups in total. The molecule has 1 saturated heterocycles. The minimum absolute atomic E-state index is 0.0174. The topological polar surface area (TPSA) is 103 Å². The maximum atomic E-state index is 12.0. The maximum Gasteiger partial charge on any atom is 0.259 e. The van der Waals surface area contributed by atoms with Crippen LogP contribution in [0, 0.1) is 11.3 Å². The van der Waals surface area contributed by atoms with Crippen LogP contribution in [0.2, 0.25) is 0 Å². The van der Waals surface area contributed by atoms with Crippen LogP contribution in [0.1, 0.15) is 64.2 Å². The van der Waals surface area contributed by atoms with Crippen LogP contribution < -0.4 is 9.47 Å². The highest BCUT2D eigenvalue weighted by atomic mass is 31.2. The van der Waals surface area contributed by atoms with E-state index in [1.54, 1.807) is 14.2 Å². The molecule has 1 aliphatic heterocycles. The zero-order valence-electron chi connectivity index (χ0n) is 29.0. The second-order valence-electron chi connectivity index (χ2n) is 12.4. The molecule has 2 radical (unpaired) electrons. The Kier molecular flexibility index (Phi) is 13.5. The summed E-state index contributed by atoms with van der Waals surface area (Å²) in [5.74, 6) is 1.43. The van der Waals surface area contributed by atoms with Gasteiger partial charge in [0.25, 0.3) is 8.53 Å². The van der Waals surface area contributed by atoms with Crippen LogP contribution in [-0.2, 0) is 24.1 Å². The molecular formula is C37H48BN2O7P. The molecule has 9 nitrogen and oxygen atoms in total. The monoisotopic (exact) mass is 674 g/mol. The van der Waals surface area contributed by atoms with Gasteiger partial charge in [0.15, 0.2) is 0 Å². The SMILES string of the molecule is [B]C1O[C@](CC)(COC(c2ccccc2)(c2ccc(OC)cc2)c2ccc(OC)cc2)[C@@H](O)[C@H]1OP(OCCC#N)N(C(C)C)C(C)C. The highest BCUT2D eigenvalue weighted by Gasteiger charge is 2.55. The fraction of sp³-hybridized carbons (Fsp3) is 0.486. The number of hydrogen-bond acceptors (Lipinski definition) is 9. The van der Waals surface area contributed by atoms with Crippen molar-refractivity contribution in [2.24, 2.45) is 0 Å². The Morgan fingerprint density at radius 1 is 0.917 bits per heavy atom. The number of nitriles is 1. The first-order chi connectivity index (χ1) is 23.1. The van der Waals surface area contributed by atoms with E-state index in [2.05, 4.69) is 38.4 Å². The van der Waals surface area contributed by atoms with E-state index in [0.29, 0.717) is 17.9 Å². The van der Waals surface area contributed by atoms with Crippen molar-refractivity contribution >= 4 is 16.4 Å². The summed E-state index contributed by atoms with van der Waals surface area (Å²) in [5, 5.41) is 21.2. The summed E-state index contributed by atoms with van der Waals surface area (Å²) in [6.45, 7) is 10.3. The van der Waals surface area contributed by atoms with Crippen molar-refractivity contribution < 1.29 is 33.1 Å². The van der Waals surface area contributed by atoms with Crippen LogP contribution in [0.25, 0.3) is 0 Å². The van der Waals surface area contributed by atoms with Gasteiger partial charge in [0, 0.05) is 18.1 Å². The highest BCUT2D eigenvalue weighted by Crippen LogP contribution is 2.51. The van der Waals surface area contributed by atoms with E-state index >= 15 is 0 Å². The summed E-state index contributed by atoms with van der Waals surface area (Å²) in [6, 6.07) is 26.8. The molecule has 256 valence electrons. The first-order valence-electron chi connectivity index (χ1n) is 16.4. The van der Waals surface area contributed by atoms with Gasteiger partial charge in [-0.3, -0.25) is 0 Å². The van der Waals surface area contributed by atoms with Gasteiger partial charge in [-0.2, -0.15) is 5.26 Å². The van der Waals surface area contributed by atoms with Crippen molar-refractivity contribution in [1.29, 1.82) is 5.26 Å². The van der Waals surface area contributed by atoms with Crippen molar-refractivity contribution in [3.63, 3.8) is 0 Å². The van der Waals surface area contributed by atoms with Gasteiger partial charge in [-0.15, -0.1) is 0 Å². The summed E-state index contributed by atoms with van der Waals surface area (Å²) >= 11 is 0. The smallest absolute Gasteiger partial charge is 0.259 e. The molecule has 1 fully saturated rings. The molecule has 0 spiro atoms. The van der Waals surface area contributed by atoms with Gasteiger partial charge in [0.05, 0.1) is 39.9 Å². The van der Waals surface area contributed by atoms with E-state index in [9.17, 15) is 5.11 Å². The van der Waals surface area contributed by atoms with Gasteiger partial charge < -0.3 is 33.1 Å². The zero-order chi connectivity index (χ0) is 34.9. The van der Waals surface area contributed by atoms with E-state index < -0.39 is 37.9 Å². The van der Waals surface area contributed by atoms with Crippen LogP contribution >= 0.6 is 8.53 Å². The molecule has 0 saturated carbocycles. The number of aliphatic hydroxyl groups is 1. The molecule has 11 heteroatoms. The number of ether oxygens (including phenoxy) is 4. The maximum absolute atomic E-state index is 12.0. The third-order valence-corrected chi connectivity index (χ3v) is 10.9. The number of methoxy groups -OCH3 is 2. The first-order valence-corrected chi connectivity index (χ1v) is 17.5. The molecule has 0 bridgehead atoms. The molecule has 3 aromatic carbocycles. The molecule has 0 amide bonds. The minimum Gasteiger partial charge on any atom is -0.497 e. The molecule has 2 unspecified atom stereocenters. The van der Waals surface area contributed by atoms with Crippen LogP contribution in [-0.4, -0.2) is 81.0 Å². The Morgan fingerprint density at radius 2 is 1.44 bits per heavy atom. The number of nitrogens with zero attached hydrogens (tertiary/aromatic N) is 2. The van der Waals surface area contributed by atoms with Gasteiger partial charge in [-0.25, -0.2) is 4.67 Å². The van der Waals surface area contributed by atoms with Crippen molar-refractivity contribution in [2.45, 2.75) is 89.0 Å². The van der Waals surface area contributed by atoms with Crippen LogP contribution in [0.4, 0.5) is 0 Å². The molecule has 1 aliphatic rings. The first kappa shape index (κ1) is 37.8. The predicted molar refractivity (Wildman–Crippen MR) is 188 cm³/mol. The summed E-state index contributed by atoms with van der Waals surface area (Å²) in [7, 11) is 8.19. The predicted octanol–water partition coefficient (Wildman–Crippen LogP) is 6.71. The lowest BCUT2D eigenvalue weighted by Gasteiger charge is -2.41. The average Bonchev–Trinajstić information content (AvgIpc) is 3.33. The summed E-state index contributed by atoms with van der Waals surface area (Å²) in [5.41, 5.74) is 0.267. The Labute approximate surface area is 288 Å². The number of hydrogen-bond donors (Lipinski definition) is 1. The van der Waals surface area contributed by atoms with Gasteiger partial charge in [-0.05, 0) is 75.1 Å². The average molecular weight is 675 g/mol. The lowest BCUT2D eigenvalue weighted by atomic mass is 9.79. The van der Waals surface area contributed by atoms with Crippen LogP contribution in [0.15, 0.2) is 78.9 Å². The van der Waals surface area contributed by atoms with Gasteiger partial charge in [0.1, 0.15) is 42.8 Å². The van der Waals surface area contributed by atoms with E-state index in [0.717, 1.165) is 16.7 Å². The van der Waals surface area contributed by atoms with Gasteiger partial charge in [0.2, 0.25) is 0 Å². The van der Waals surface area contributed by atoms with Crippen molar-refractivity contribution in [3.05, 3.63) is 95.6 Å². The standard InChI is InChI=1S/C37H48BN2O7P/c1-8-36(34(41)33(35(38)46-36)47-48(45-24-12-23-39)40(26(2)3)27(4)5)25-44-37(28-13-10-9-11-14-28,29-15-19-31(42-6)20-16-29)30-17-21-32(43-7)22-18-30/h9-11,13-22,26-27,33-35,41H,8,12,24-25H2,1-7H3/t33-,34+,35?,36-,48?/m1/s1. The third-order valence-electron chi connectivity index (χ3n) is 8.72. The molecule has 3 aromatic rings. The zero-order valence-corrected chi connectivity index (χ0v) is 29.9. The van der Waals surface area contributed by atoms with Gasteiger partial charge >= 0.3 is 0 Å². The number of rotatable bonds is 17. The molecule has 4 rings (SSSR count). The molecule has 0 aromatic heterocycles. The molecule has 48 heavy (non-hydrogen) atoms. The third kappa shape index (κ3) is 8.06. The second kappa shape index (κ2) is 17.1. The highest BCUT2D eigenvalue weighted by molar-refractivity contribution is 7.44. The second-order valence-corrected chi connectivity index (χ2v) is 13.8. The van der Waals surface area contributed by atoms with E-state index in [1.807, 2.05) is 85.8 Å². The largest absolute Gasteiger partial charge is 0.497 e. The summed E-state index contributed by atoms with van der Waals surface area (Å²) in [6.07, 6.45) is -1.45. The van der Waals surface area contributed by atoms with Crippen molar-refractivity contribution in [1.82, 2.24) is 4.67 Å². The van der Waals surface area contributed by atoms with Crippen molar-refractivity contribution in [2.75, 3.05) is 27.4 Å². The molecule has 0 aliphatic carbocycles.